The standard InChI is InChI=1S/C13H21NO4/c1-15-11-5-3-6-12(13(11)16-2)18-10-9-17-8-4-7-14/h3,5-6H,4,7-10,14H2,1-2H3. The van der Waals surface area contributed by atoms with Crippen molar-refractivity contribution in [1.29, 1.82) is 0 Å². The van der Waals surface area contributed by atoms with E-state index in [0.717, 1.165) is 6.42 Å². The van der Waals surface area contributed by atoms with Crippen LogP contribution in [0.25, 0.3) is 0 Å². The first kappa shape index (κ1) is 14.6. The molecule has 0 saturated carbocycles. The Bertz CT molecular complexity index is 344. The molecule has 1 aromatic carbocycles. The summed E-state index contributed by atoms with van der Waals surface area (Å²) in [6.45, 7) is 2.30. The van der Waals surface area contributed by atoms with E-state index in [1.54, 1.807) is 14.2 Å². The van der Waals surface area contributed by atoms with Crippen molar-refractivity contribution in [2.75, 3.05) is 40.6 Å². The van der Waals surface area contributed by atoms with Crippen LogP contribution in [0.3, 0.4) is 0 Å². The molecular formula is C13H21NO4. The Kier molecular flexibility index (Phi) is 6.98. The molecule has 0 heterocycles. The Morgan fingerprint density at radius 3 is 2.44 bits per heavy atom. The lowest BCUT2D eigenvalue weighted by molar-refractivity contribution is 0.0982. The molecule has 0 amide bonds. The van der Waals surface area contributed by atoms with Gasteiger partial charge in [0.15, 0.2) is 11.5 Å². The molecule has 5 heteroatoms. The Morgan fingerprint density at radius 1 is 1.00 bits per heavy atom. The Hall–Kier alpha value is -1.46. The summed E-state index contributed by atoms with van der Waals surface area (Å²) in [5.74, 6) is 1.90. The zero-order valence-corrected chi connectivity index (χ0v) is 11.0. The zero-order valence-electron chi connectivity index (χ0n) is 11.0. The minimum Gasteiger partial charge on any atom is -0.493 e. The Balaban J connectivity index is 2.41. The largest absolute Gasteiger partial charge is 0.493 e. The van der Waals surface area contributed by atoms with Gasteiger partial charge < -0.3 is 24.7 Å². The highest BCUT2D eigenvalue weighted by Crippen LogP contribution is 2.36. The average molecular weight is 255 g/mol. The van der Waals surface area contributed by atoms with Crippen LogP contribution in [0.15, 0.2) is 18.2 Å². The fourth-order valence-corrected chi connectivity index (χ4v) is 1.47. The number of nitrogens with two attached hydrogens (primary N) is 1. The number of methoxy groups -OCH3 is 2. The van der Waals surface area contributed by atoms with Crippen molar-refractivity contribution in [3.8, 4) is 17.2 Å². The summed E-state index contributed by atoms with van der Waals surface area (Å²) in [4.78, 5) is 0. The second-order valence-corrected chi connectivity index (χ2v) is 3.59. The van der Waals surface area contributed by atoms with Gasteiger partial charge in [-0.1, -0.05) is 6.07 Å². The number of ether oxygens (including phenoxy) is 4. The zero-order chi connectivity index (χ0) is 13.2. The maximum atomic E-state index is 5.59. The molecule has 5 nitrogen and oxygen atoms in total. The van der Waals surface area contributed by atoms with Gasteiger partial charge in [-0.2, -0.15) is 0 Å². The summed E-state index contributed by atoms with van der Waals surface area (Å²) in [5.41, 5.74) is 5.36. The molecule has 0 spiro atoms. The van der Waals surface area contributed by atoms with Crippen LogP contribution in [0.1, 0.15) is 6.42 Å². The summed E-state index contributed by atoms with van der Waals surface area (Å²) in [5, 5.41) is 0. The molecule has 102 valence electrons. The minimum absolute atomic E-state index is 0.466. The van der Waals surface area contributed by atoms with Crippen molar-refractivity contribution in [3.05, 3.63) is 18.2 Å². The fraction of sp³-hybridized carbons (Fsp3) is 0.538. The van der Waals surface area contributed by atoms with Gasteiger partial charge in [0.1, 0.15) is 6.61 Å². The highest BCUT2D eigenvalue weighted by molar-refractivity contribution is 5.50. The fourth-order valence-electron chi connectivity index (χ4n) is 1.47. The normalized spacial score (nSPS) is 10.2. The molecule has 0 aromatic heterocycles. The van der Waals surface area contributed by atoms with Crippen molar-refractivity contribution in [3.63, 3.8) is 0 Å². The van der Waals surface area contributed by atoms with Crippen molar-refractivity contribution in [1.82, 2.24) is 0 Å². The van der Waals surface area contributed by atoms with E-state index in [9.17, 15) is 0 Å². The second kappa shape index (κ2) is 8.60. The third-order valence-corrected chi connectivity index (χ3v) is 2.34. The first-order valence-corrected chi connectivity index (χ1v) is 5.95. The molecular weight excluding hydrogens is 234 g/mol. The molecule has 2 N–H and O–H groups in total. The number of hydrogen-bond acceptors (Lipinski definition) is 5. The van der Waals surface area contributed by atoms with Crippen molar-refractivity contribution in [2.24, 2.45) is 5.73 Å². The number of rotatable bonds is 9. The van der Waals surface area contributed by atoms with Crippen LogP contribution in [0.4, 0.5) is 0 Å². The lowest BCUT2D eigenvalue weighted by atomic mass is 10.3. The molecule has 0 saturated heterocycles. The lowest BCUT2D eigenvalue weighted by Crippen LogP contribution is -2.10. The molecule has 0 aliphatic carbocycles. The molecule has 0 aliphatic heterocycles. The van der Waals surface area contributed by atoms with Crippen molar-refractivity contribution >= 4 is 0 Å². The van der Waals surface area contributed by atoms with Crippen LogP contribution in [-0.4, -0.2) is 40.6 Å². The van der Waals surface area contributed by atoms with Gasteiger partial charge in [-0.3, -0.25) is 0 Å². The molecule has 0 atom stereocenters. The molecule has 0 unspecified atom stereocenters. The van der Waals surface area contributed by atoms with E-state index in [4.69, 9.17) is 24.7 Å². The highest BCUT2D eigenvalue weighted by atomic mass is 16.5. The van der Waals surface area contributed by atoms with Gasteiger partial charge in [0.25, 0.3) is 0 Å². The molecule has 0 aliphatic rings. The van der Waals surface area contributed by atoms with E-state index < -0.39 is 0 Å². The topological polar surface area (TPSA) is 62.9 Å². The van der Waals surface area contributed by atoms with Gasteiger partial charge >= 0.3 is 0 Å². The summed E-state index contributed by atoms with van der Waals surface area (Å²) in [6, 6.07) is 5.51. The third-order valence-electron chi connectivity index (χ3n) is 2.34. The van der Waals surface area contributed by atoms with Crippen LogP contribution in [0.5, 0.6) is 17.2 Å². The summed E-state index contributed by atoms with van der Waals surface area (Å²) < 4.78 is 21.4. The van der Waals surface area contributed by atoms with Crippen LogP contribution in [-0.2, 0) is 4.74 Å². The van der Waals surface area contributed by atoms with Crippen LogP contribution >= 0.6 is 0 Å². The second-order valence-electron chi connectivity index (χ2n) is 3.59. The molecule has 0 radical (unpaired) electrons. The van der Waals surface area contributed by atoms with Crippen molar-refractivity contribution < 1.29 is 18.9 Å². The van der Waals surface area contributed by atoms with Gasteiger partial charge in [-0.05, 0) is 25.1 Å². The smallest absolute Gasteiger partial charge is 0.203 e. The molecule has 1 aromatic rings. The van der Waals surface area contributed by atoms with E-state index in [-0.39, 0.29) is 0 Å². The molecule has 1 rings (SSSR count). The van der Waals surface area contributed by atoms with E-state index in [1.807, 2.05) is 18.2 Å². The molecule has 0 fully saturated rings. The number of benzene rings is 1. The van der Waals surface area contributed by atoms with Gasteiger partial charge in [-0.15, -0.1) is 0 Å². The van der Waals surface area contributed by atoms with Crippen LogP contribution in [0, 0.1) is 0 Å². The lowest BCUT2D eigenvalue weighted by Gasteiger charge is -2.13. The van der Waals surface area contributed by atoms with E-state index >= 15 is 0 Å². The maximum Gasteiger partial charge on any atom is 0.203 e. The van der Waals surface area contributed by atoms with E-state index in [0.29, 0.717) is 43.6 Å². The third kappa shape index (κ3) is 4.43. The number of para-hydroxylation sites is 1. The van der Waals surface area contributed by atoms with Crippen LogP contribution < -0.4 is 19.9 Å². The summed E-state index contributed by atoms with van der Waals surface area (Å²) >= 11 is 0. The van der Waals surface area contributed by atoms with Gasteiger partial charge in [0, 0.05) is 6.61 Å². The van der Waals surface area contributed by atoms with Gasteiger partial charge in [0.05, 0.1) is 20.8 Å². The molecule has 0 bridgehead atoms. The molecule has 18 heavy (non-hydrogen) atoms. The monoisotopic (exact) mass is 255 g/mol. The highest BCUT2D eigenvalue weighted by Gasteiger charge is 2.10. The van der Waals surface area contributed by atoms with Gasteiger partial charge in [-0.25, -0.2) is 0 Å². The minimum atomic E-state index is 0.466. The first-order valence-electron chi connectivity index (χ1n) is 5.95. The predicted molar refractivity (Wildman–Crippen MR) is 69.5 cm³/mol. The van der Waals surface area contributed by atoms with Crippen LogP contribution in [0.2, 0.25) is 0 Å². The van der Waals surface area contributed by atoms with E-state index in [1.165, 1.54) is 0 Å². The summed E-state index contributed by atoms with van der Waals surface area (Å²) in [7, 11) is 3.18. The maximum absolute atomic E-state index is 5.59. The van der Waals surface area contributed by atoms with E-state index in [2.05, 4.69) is 0 Å². The average Bonchev–Trinajstić information content (AvgIpc) is 2.42. The SMILES string of the molecule is COc1cccc(OCCOCCCN)c1OC. The predicted octanol–water partition coefficient (Wildman–Crippen LogP) is 1.45. The van der Waals surface area contributed by atoms with Gasteiger partial charge in [0.2, 0.25) is 5.75 Å². The Labute approximate surface area is 108 Å². The number of hydrogen-bond donors (Lipinski definition) is 1. The van der Waals surface area contributed by atoms with Crippen molar-refractivity contribution in [2.45, 2.75) is 6.42 Å². The quantitative estimate of drug-likeness (QED) is 0.677. The first-order chi connectivity index (χ1) is 8.83. The summed E-state index contributed by atoms with van der Waals surface area (Å²) in [6.07, 6.45) is 0.864. The Morgan fingerprint density at radius 2 is 1.78 bits per heavy atom.